The third-order valence-electron chi connectivity index (χ3n) is 8.16. The number of Topliss-reactive ketones (excluding diaryl/α,β-unsaturated/α-hetero) is 1. The molecule has 1 aromatic rings. The van der Waals surface area contributed by atoms with Gasteiger partial charge in [0.2, 0.25) is 0 Å². The van der Waals surface area contributed by atoms with Crippen LogP contribution in [0.5, 0.6) is 0 Å². The first-order chi connectivity index (χ1) is 16.1. The number of urea groups is 1. The van der Waals surface area contributed by atoms with Gasteiger partial charge in [-0.05, 0) is 51.2 Å². The van der Waals surface area contributed by atoms with Crippen LogP contribution < -0.4 is 4.90 Å². The van der Waals surface area contributed by atoms with Crippen molar-refractivity contribution in [1.82, 2.24) is 14.7 Å². The molecular formula is C27H38N4O3. The number of carbonyl (C=O) groups is 2. The van der Waals surface area contributed by atoms with Gasteiger partial charge in [-0.2, -0.15) is 0 Å². The van der Waals surface area contributed by atoms with E-state index in [1.807, 2.05) is 20.2 Å². The van der Waals surface area contributed by atoms with E-state index in [1.54, 1.807) is 9.80 Å². The average Bonchev–Trinajstić information content (AvgIpc) is 3.18. The van der Waals surface area contributed by atoms with Crippen molar-refractivity contribution < 1.29 is 14.3 Å². The van der Waals surface area contributed by atoms with E-state index in [9.17, 15) is 9.59 Å². The summed E-state index contributed by atoms with van der Waals surface area (Å²) in [5.41, 5.74) is 2.98. The van der Waals surface area contributed by atoms with Gasteiger partial charge in [-0.15, -0.1) is 0 Å². The summed E-state index contributed by atoms with van der Waals surface area (Å²) in [6.07, 6.45) is 4.73. The van der Waals surface area contributed by atoms with Crippen LogP contribution in [0.15, 0.2) is 35.9 Å². The Hall–Kier alpha value is -2.38. The van der Waals surface area contributed by atoms with E-state index in [0.717, 1.165) is 37.2 Å². The minimum absolute atomic E-state index is 0.0255. The summed E-state index contributed by atoms with van der Waals surface area (Å²) in [6, 6.07) is 8.67. The molecule has 3 atom stereocenters. The first-order valence-corrected chi connectivity index (χ1v) is 12.5. The Morgan fingerprint density at radius 1 is 1.12 bits per heavy atom. The maximum atomic E-state index is 14.0. The molecule has 1 unspecified atom stereocenters. The summed E-state index contributed by atoms with van der Waals surface area (Å²) in [5, 5.41) is 0. The van der Waals surface area contributed by atoms with Crippen LogP contribution in [0.1, 0.15) is 45.6 Å². The molecule has 1 saturated carbocycles. The van der Waals surface area contributed by atoms with Gasteiger partial charge in [-0.1, -0.05) is 29.8 Å². The molecule has 4 fully saturated rings. The summed E-state index contributed by atoms with van der Waals surface area (Å²) in [5.74, 6) is 0.696. The molecule has 184 valence electrons. The summed E-state index contributed by atoms with van der Waals surface area (Å²) in [7, 11) is 3.66. The zero-order chi connectivity index (χ0) is 24.3. The first-order valence-electron chi connectivity index (χ1n) is 12.5. The van der Waals surface area contributed by atoms with Gasteiger partial charge in [0.15, 0.2) is 0 Å². The third-order valence-corrected chi connectivity index (χ3v) is 8.16. The summed E-state index contributed by atoms with van der Waals surface area (Å²) in [4.78, 5) is 34.5. The Labute approximate surface area is 203 Å². The van der Waals surface area contributed by atoms with Crippen LogP contribution in [0.25, 0.3) is 0 Å². The van der Waals surface area contributed by atoms with Crippen LogP contribution in [0, 0.1) is 5.92 Å². The van der Waals surface area contributed by atoms with E-state index in [-0.39, 0.29) is 17.7 Å². The highest BCUT2D eigenvalue weighted by Crippen LogP contribution is 2.54. The minimum atomic E-state index is -0.459. The van der Waals surface area contributed by atoms with Gasteiger partial charge in [0, 0.05) is 45.3 Å². The standard InChI is InChI=1S/C27H38N4O3/c1-26(2,3)34-13-10-19-16-30-12-11-27(23(30)14-20(19)15-24(27)32)21-8-6-7-9-22(21)31-17-28(4)25(33)29(5)18-31/h6-10,20,23H,11-18H2,1-5H3/b19-10-/t20-,23?,27-/m1/s1. The number of carbonyl (C=O) groups excluding carboxylic acids is 2. The number of anilines is 1. The number of amides is 2. The zero-order valence-corrected chi connectivity index (χ0v) is 21.2. The lowest BCUT2D eigenvalue weighted by molar-refractivity contribution is -0.129. The SMILES string of the molecule is CN1CN(c2ccccc2[C@@]23CCN4C/C(=C/COC(C)(C)C)[C@@H](CC2=O)CC43)CN(C)C1=O. The van der Waals surface area contributed by atoms with E-state index in [4.69, 9.17) is 4.74 Å². The molecule has 0 N–H and O–H groups in total. The van der Waals surface area contributed by atoms with Gasteiger partial charge in [0.05, 0.1) is 31.0 Å². The van der Waals surface area contributed by atoms with Gasteiger partial charge < -0.3 is 19.4 Å². The van der Waals surface area contributed by atoms with Crippen molar-refractivity contribution in [2.45, 2.75) is 57.1 Å². The first kappa shape index (κ1) is 23.4. The number of ketones is 1. The Kier molecular flexibility index (Phi) is 5.76. The predicted octanol–water partition coefficient (Wildman–Crippen LogP) is 3.45. The monoisotopic (exact) mass is 466 g/mol. The Morgan fingerprint density at radius 3 is 2.53 bits per heavy atom. The van der Waals surface area contributed by atoms with Crippen LogP contribution in [-0.2, 0) is 14.9 Å². The fourth-order valence-electron chi connectivity index (χ4n) is 6.57. The van der Waals surface area contributed by atoms with Crippen molar-refractivity contribution in [3.63, 3.8) is 0 Å². The number of benzene rings is 1. The number of ether oxygens (including phenoxy) is 1. The molecule has 0 spiro atoms. The second kappa shape index (κ2) is 8.38. The van der Waals surface area contributed by atoms with Crippen LogP contribution in [0.2, 0.25) is 0 Å². The number of para-hydroxylation sites is 1. The summed E-state index contributed by atoms with van der Waals surface area (Å²) < 4.78 is 5.96. The normalized spacial score (nSPS) is 31.1. The minimum Gasteiger partial charge on any atom is -0.372 e. The van der Waals surface area contributed by atoms with Crippen molar-refractivity contribution >= 4 is 17.5 Å². The Morgan fingerprint density at radius 2 is 1.82 bits per heavy atom. The molecular weight excluding hydrogens is 428 g/mol. The van der Waals surface area contributed by atoms with Crippen molar-refractivity contribution in [2.75, 3.05) is 52.0 Å². The molecule has 2 amide bonds. The van der Waals surface area contributed by atoms with E-state index >= 15 is 0 Å². The molecule has 0 radical (unpaired) electrons. The van der Waals surface area contributed by atoms with E-state index in [1.165, 1.54) is 5.57 Å². The molecule has 4 aliphatic rings. The number of rotatable bonds is 4. The van der Waals surface area contributed by atoms with E-state index in [2.05, 4.69) is 54.8 Å². The highest BCUT2D eigenvalue weighted by atomic mass is 16.5. The summed E-state index contributed by atoms with van der Waals surface area (Å²) in [6.45, 7) is 9.76. The number of fused-ring (bicyclic) bond motifs is 1. The molecule has 3 heterocycles. The van der Waals surface area contributed by atoms with E-state index < -0.39 is 5.41 Å². The number of hydrogen-bond donors (Lipinski definition) is 0. The fraction of sp³-hybridized carbons (Fsp3) is 0.630. The fourth-order valence-corrected chi connectivity index (χ4v) is 6.57. The molecule has 2 bridgehead atoms. The molecule has 34 heavy (non-hydrogen) atoms. The molecule has 0 aromatic heterocycles. The molecule has 7 nitrogen and oxygen atoms in total. The molecule has 1 aliphatic carbocycles. The number of nitrogens with zero attached hydrogens (tertiary/aromatic N) is 4. The van der Waals surface area contributed by atoms with Gasteiger partial charge in [-0.3, -0.25) is 9.69 Å². The van der Waals surface area contributed by atoms with Gasteiger partial charge in [0.25, 0.3) is 0 Å². The van der Waals surface area contributed by atoms with Crippen LogP contribution in [0.4, 0.5) is 10.5 Å². The lowest BCUT2D eigenvalue weighted by Gasteiger charge is -2.50. The second-order valence-corrected chi connectivity index (χ2v) is 11.5. The maximum Gasteiger partial charge on any atom is 0.322 e. The topological polar surface area (TPSA) is 56.3 Å². The zero-order valence-electron chi connectivity index (χ0n) is 21.2. The highest BCUT2D eigenvalue weighted by molar-refractivity contribution is 5.95. The van der Waals surface area contributed by atoms with Gasteiger partial charge >= 0.3 is 6.03 Å². The number of hydrogen-bond acceptors (Lipinski definition) is 5. The molecule has 1 aromatic carbocycles. The molecule has 7 heteroatoms. The Balaban J connectivity index is 1.45. The van der Waals surface area contributed by atoms with Crippen molar-refractivity contribution in [1.29, 1.82) is 0 Å². The highest BCUT2D eigenvalue weighted by Gasteiger charge is 2.59. The van der Waals surface area contributed by atoms with Crippen LogP contribution in [-0.4, -0.2) is 85.3 Å². The van der Waals surface area contributed by atoms with Crippen molar-refractivity contribution in [3.8, 4) is 0 Å². The summed E-state index contributed by atoms with van der Waals surface area (Å²) >= 11 is 0. The van der Waals surface area contributed by atoms with E-state index in [0.29, 0.717) is 38.1 Å². The van der Waals surface area contributed by atoms with Crippen LogP contribution >= 0.6 is 0 Å². The molecule has 3 aliphatic heterocycles. The van der Waals surface area contributed by atoms with Crippen molar-refractivity contribution in [3.05, 3.63) is 41.5 Å². The smallest absolute Gasteiger partial charge is 0.322 e. The largest absolute Gasteiger partial charge is 0.372 e. The number of piperidine rings is 1. The average molecular weight is 467 g/mol. The Bertz CT molecular complexity index is 1000. The molecule has 3 saturated heterocycles. The lowest BCUT2D eigenvalue weighted by Crippen LogP contribution is -2.58. The molecule has 5 rings (SSSR count). The van der Waals surface area contributed by atoms with Gasteiger partial charge in [-0.25, -0.2) is 4.79 Å². The van der Waals surface area contributed by atoms with Gasteiger partial charge in [0.1, 0.15) is 5.78 Å². The van der Waals surface area contributed by atoms with Crippen LogP contribution in [0.3, 0.4) is 0 Å². The second-order valence-electron chi connectivity index (χ2n) is 11.5. The third kappa shape index (κ3) is 3.83. The quantitative estimate of drug-likeness (QED) is 0.637. The maximum absolute atomic E-state index is 14.0. The van der Waals surface area contributed by atoms with Crippen molar-refractivity contribution in [2.24, 2.45) is 5.92 Å². The predicted molar refractivity (Wildman–Crippen MR) is 133 cm³/mol. The lowest BCUT2D eigenvalue weighted by atomic mass is 9.60.